The highest BCUT2D eigenvalue weighted by Gasteiger charge is 2.07. The van der Waals surface area contributed by atoms with Crippen molar-refractivity contribution in [3.8, 4) is 5.75 Å². The SMILES string of the molecule is COC(=O)c1ccc(O)c(C=C(C)C)c1. The van der Waals surface area contributed by atoms with Crippen LogP contribution in [0.3, 0.4) is 0 Å². The first-order valence-electron chi connectivity index (χ1n) is 4.61. The van der Waals surface area contributed by atoms with Crippen molar-refractivity contribution in [2.75, 3.05) is 7.11 Å². The van der Waals surface area contributed by atoms with E-state index in [2.05, 4.69) is 4.74 Å². The molecule has 1 aromatic carbocycles. The van der Waals surface area contributed by atoms with Gasteiger partial charge in [0.15, 0.2) is 0 Å². The summed E-state index contributed by atoms with van der Waals surface area (Å²) in [6.45, 7) is 3.84. The molecule has 0 aromatic heterocycles. The number of carbonyl (C=O) groups is 1. The molecular weight excluding hydrogens is 192 g/mol. The maximum absolute atomic E-state index is 11.2. The fourth-order valence-corrected chi connectivity index (χ4v) is 1.23. The van der Waals surface area contributed by atoms with Crippen molar-refractivity contribution >= 4 is 12.0 Å². The van der Waals surface area contributed by atoms with Crippen molar-refractivity contribution in [1.29, 1.82) is 0 Å². The second-order valence-electron chi connectivity index (χ2n) is 3.49. The number of carbonyl (C=O) groups excluding carboxylic acids is 1. The number of hydrogen-bond donors (Lipinski definition) is 1. The van der Waals surface area contributed by atoms with Gasteiger partial charge in [-0.1, -0.05) is 11.6 Å². The summed E-state index contributed by atoms with van der Waals surface area (Å²) in [5, 5.41) is 9.54. The minimum absolute atomic E-state index is 0.156. The number of phenolic OH excluding ortho intramolecular Hbond substituents is 1. The number of phenols is 1. The van der Waals surface area contributed by atoms with Crippen molar-refractivity contribution in [1.82, 2.24) is 0 Å². The van der Waals surface area contributed by atoms with Crippen LogP contribution >= 0.6 is 0 Å². The third kappa shape index (κ3) is 2.84. The third-order valence-corrected chi connectivity index (χ3v) is 1.89. The Morgan fingerprint density at radius 3 is 2.60 bits per heavy atom. The van der Waals surface area contributed by atoms with Crippen LogP contribution in [0.5, 0.6) is 5.75 Å². The van der Waals surface area contributed by atoms with Crippen LogP contribution in [-0.2, 0) is 4.74 Å². The molecule has 0 heterocycles. The van der Waals surface area contributed by atoms with Crippen LogP contribution < -0.4 is 0 Å². The van der Waals surface area contributed by atoms with Gasteiger partial charge in [-0.05, 0) is 32.0 Å². The molecule has 1 aromatic rings. The number of methoxy groups -OCH3 is 1. The number of rotatable bonds is 2. The van der Waals surface area contributed by atoms with Crippen molar-refractivity contribution in [2.24, 2.45) is 0 Å². The predicted octanol–water partition coefficient (Wildman–Crippen LogP) is 2.60. The average Bonchev–Trinajstić information content (AvgIpc) is 2.19. The fraction of sp³-hybridized carbons (Fsp3) is 0.250. The van der Waals surface area contributed by atoms with Gasteiger partial charge < -0.3 is 9.84 Å². The normalized spacial score (nSPS) is 9.53. The molecule has 0 atom stereocenters. The van der Waals surface area contributed by atoms with Gasteiger partial charge in [-0.2, -0.15) is 0 Å². The number of esters is 1. The zero-order valence-corrected chi connectivity index (χ0v) is 9.07. The van der Waals surface area contributed by atoms with Gasteiger partial charge in [0, 0.05) is 5.56 Å². The first kappa shape index (κ1) is 11.3. The molecule has 1 rings (SSSR count). The molecule has 0 saturated carbocycles. The van der Waals surface area contributed by atoms with Crippen LogP contribution in [0.25, 0.3) is 6.08 Å². The molecule has 0 unspecified atom stereocenters. The van der Waals surface area contributed by atoms with E-state index in [1.165, 1.54) is 19.2 Å². The highest BCUT2D eigenvalue weighted by Crippen LogP contribution is 2.21. The lowest BCUT2D eigenvalue weighted by molar-refractivity contribution is 0.0600. The molecular formula is C12H14O3. The molecule has 0 saturated heterocycles. The van der Waals surface area contributed by atoms with Gasteiger partial charge in [-0.3, -0.25) is 0 Å². The summed E-state index contributed by atoms with van der Waals surface area (Å²) in [7, 11) is 1.33. The average molecular weight is 206 g/mol. The molecule has 15 heavy (non-hydrogen) atoms. The largest absolute Gasteiger partial charge is 0.507 e. The second kappa shape index (κ2) is 4.64. The molecule has 0 fully saturated rings. The molecule has 0 aliphatic carbocycles. The van der Waals surface area contributed by atoms with E-state index in [0.29, 0.717) is 11.1 Å². The highest BCUT2D eigenvalue weighted by atomic mass is 16.5. The Morgan fingerprint density at radius 1 is 1.40 bits per heavy atom. The Bertz CT molecular complexity index is 401. The van der Waals surface area contributed by atoms with E-state index in [1.54, 1.807) is 6.07 Å². The van der Waals surface area contributed by atoms with Gasteiger partial charge in [0.2, 0.25) is 0 Å². The topological polar surface area (TPSA) is 46.5 Å². The van der Waals surface area contributed by atoms with E-state index in [-0.39, 0.29) is 5.75 Å². The zero-order valence-electron chi connectivity index (χ0n) is 9.07. The number of hydrogen-bond acceptors (Lipinski definition) is 3. The van der Waals surface area contributed by atoms with Crippen molar-refractivity contribution in [2.45, 2.75) is 13.8 Å². The first-order chi connectivity index (χ1) is 7.04. The zero-order chi connectivity index (χ0) is 11.4. The van der Waals surface area contributed by atoms with E-state index in [0.717, 1.165) is 5.57 Å². The Hall–Kier alpha value is -1.77. The summed E-state index contributed by atoms with van der Waals surface area (Å²) in [4.78, 5) is 11.2. The monoisotopic (exact) mass is 206 g/mol. The summed E-state index contributed by atoms with van der Waals surface area (Å²) < 4.78 is 4.59. The third-order valence-electron chi connectivity index (χ3n) is 1.89. The van der Waals surface area contributed by atoms with Gasteiger partial charge in [0.05, 0.1) is 12.7 Å². The first-order valence-corrected chi connectivity index (χ1v) is 4.61. The number of aromatic hydroxyl groups is 1. The summed E-state index contributed by atoms with van der Waals surface area (Å²) >= 11 is 0. The van der Waals surface area contributed by atoms with E-state index in [9.17, 15) is 9.90 Å². The summed E-state index contributed by atoms with van der Waals surface area (Å²) in [6, 6.07) is 4.62. The van der Waals surface area contributed by atoms with Gasteiger partial charge in [-0.25, -0.2) is 4.79 Å². The highest BCUT2D eigenvalue weighted by molar-refractivity contribution is 5.90. The molecule has 0 amide bonds. The molecule has 3 nitrogen and oxygen atoms in total. The van der Waals surface area contributed by atoms with Crippen LogP contribution in [0.15, 0.2) is 23.8 Å². The molecule has 1 N–H and O–H groups in total. The smallest absolute Gasteiger partial charge is 0.337 e. The summed E-state index contributed by atoms with van der Waals surface area (Å²) in [6.07, 6.45) is 1.81. The standard InChI is InChI=1S/C12H14O3/c1-8(2)6-10-7-9(12(14)15-3)4-5-11(10)13/h4-7,13H,1-3H3. The van der Waals surface area contributed by atoms with Crippen LogP contribution in [0.2, 0.25) is 0 Å². The molecule has 0 bridgehead atoms. The molecule has 0 aliphatic rings. The fourth-order valence-electron chi connectivity index (χ4n) is 1.23. The Kier molecular flexibility index (Phi) is 3.50. The van der Waals surface area contributed by atoms with E-state index in [4.69, 9.17) is 0 Å². The maximum atomic E-state index is 11.2. The molecule has 80 valence electrons. The molecule has 0 spiro atoms. The minimum Gasteiger partial charge on any atom is -0.507 e. The van der Waals surface area contributed by atoms with Crippen molar-refractivity contribution in [3.63, 3.8) is 0 Å². The Morgan fingerprint density at radius 2 is 2.07 bits per heavy atom. The predicted molar refractivity (Wildman–Crippen MR) is 58.8 cm³/mol. The Balaban J connectivity index is 3.16. The molecule has 0 aliphatic heterocycles. The Labute approximate surface area is 89.0 Å². The lowest BCUT2D eigenvalue weighted by atomic mass is 10.1. The lowest BCUT2D eigenvalue weighted by Gasteiger charge is -2.03. The summed E-state index contributed by atoms with van der Waals surface area (Å²) in [5.41, 5.74) is 2.10. The number of allylic oxidation sites excluding steroid dienone is 1. The van der Waals surface area contributed by atoms with E-state index >= 15 is 0 Å². The summed E-state index contributed by atoms with van der Waals surface area (Å²) in [5.74, 6) is -0.248. The van der Waals surface area contributed by atoms with Crippen molar-refractivity contribution in [3.05, 3.63) is 34.9 Å². The molecule has 3 heteroatoms. The van der Waals surface area contributed by atoms with Gasteiger partial charge >= 0.3 is 5.97 Å². The van der Waals surface area contributed by atoms with Crippen molar-refractivity contribution < 1.29 is 14.6 Å². The lowest BCUT2D eigenvalue weighted by Crippen LogP contribution is -2.00. The maximum Gasteiger partial charge on any atom is 0.337 e. The van der Waals surface area contributed by atoms with Gasteiger partial charge in [-0.15, -0.1) is 0 Å². The van der Waals surface area contributed by atoms with Crippen LogP contribution in [-0.4, -0.2) is 18.2 Å². The quantitative estimate of drug-likeness (QED) is 0.756. The second-order valence-corrected chi connectivity index (χ2v) is 3.49. The van der Waals surface area contributed by atoms with Gasteiger partial charge in [0.1, 0.15) is 5.75 Å². The minimum atomic E-state index is -0.404. The van der Waals surface area contributed by atoms with Crippen LogP contribution in [0.1, 0.15) is 29.8 Å². The molecule has 0 radical (unpaired) electrons. The van der Waals surface area contributed by atoms with Crippen LogP contribution in [0.4, 0.5) is 0 Å². The van der Waals surface area contributed by atoms with Crippen LogP contribution in [0, 0.1) is 0 Å². The van der Waals surface area contributed by atoms with E-state index < -0.39 is 5.97 Å². The van der Waals surface area contributed by atoms with E-state index in [1.807, 2.05) is 19.9 Å². The van der Waals surface area contributed by atoms with Gasteiger partial charge in [0.25, 0.3) is 0 Å². The number of ether oxygens (including phenoxy) is 1. The number of benzene rings is 1.